The lowest BCUT2D eigenvalue weighted by Gasteiger charge is -2.08. The summed E-state index contributed by atoms with van der Waals surface area (Å²) < 4.78 is 11.4. The Bertz CT molecular complexity index is 755. The molecule has 0 atom stereocenters. The van der Waals surface area contributed by atoms with Crippen LogP contribution in [0.3, 0.4) is 0 Å². The first-order valence-corrected chi connectivity index (χ1v) is 9.00. The van der Waals surface area contributed by atoms with E-state index < -0.39 is 0 Å². The van der Waals surface area contributed by atoms with Crippen molar-refractivity contribution in [2.24, 2.45) is 11.8 Å². The molecule has 134 valence electrons. The van der Waals surface area contributed by atoms with Gasteiger partial charge in [0.05, 0.1) is 13.2 Å². The lowest BCUT2D eigenvalue weighted by atomic mass is 10.2. The SMILES string of the molecule is CC(C)COc1cccc(C#CC#Cc2cccc(OCC(C)C)c2)c1. The highest BCUT2D eigenvalue weighted by Gasteiger charge is 1.98. The first kappa shape index (κ1) is 19.5. The van der Waals surface area contributed by atoms with Gasteiger partial charge in [0.2, 0.25) is 0 Å². The van der Waals surface area contributed by atoms with Crippen LogP contribution in [0.4, 0.5) is 0 Å². The molecule has 0 fully saturated rings. The first-order chi connectivity index (χ1) is 12.5. The third kappa shape index (κ3) is 7.37. The van der Waals surface area contributed by atoms with E-state index in [2.05, 4.69) is 51.4 Å². The molecular formula is C24H26O2. The molecule has 0 saturated carbocycles. The van der Waals surface area contributed by atoms with Crippen molar-refractivity contribution in [2.75, 3.05) is 13.2 Å². The number of benzene rings is 2. The van der Waals surface area contributed by atoms with Crippen LogP contribution in [0, 0.1) is 35.5 Å². The molecule has 0 bridgehead atoms. The van der Waals surface area contributed by atoms with Gasteiger partial charge in [-0.05, 0) is 60.1 Å². The van der Waals surface area contributed by atoms with Crippen LogP contribution in [-0.4, -0.2) is 13.2 Å². The highest BCUT2D eigenvalue weighted by molar-refractivity contribution is 5.47. The van der Waals surface area contributed by atoms with E-state index in [1.54, 1.807) is 0 Å². The molecule has 0 amide bonds. The quantitative estimate of drug-likeness (QED) is 0.673. The molecule has 26 heavy (non-hydrogen) atoms. The fourth-order valence-corrected chi connectivity index (χ4v) is 2.06. The van der Waals surface area contributed by atoms with Gasteiger partial charge in [-0.2, -0.15) is 0 Å². The van der Waals surface area contributed by atoms with Gasteiger partial charge >= 0.3 is 0 Å². The molecule has 0 aliphatic carbocycles. The Kier molecular flexibility index (Phi) is 7.66. The fraction of sp³-hybridized carbons (Fsp3) is 0.333. The molecule has 0 aromatic heterocycles. The van der Waals surface area contributed by atoms with Crippen molar-refractivity contribution in [3.8, 4) is 35.2 Å². The van der Waals surface area contributed by atoms with Gasteiger partial charge in [0.25, 0.3) is 0 Å². The third-order valence-corrected chi connectivity index (χ3v) is 3.31. The third-order valence-electron chi connectivity index (χ3n) is 3.31. The van der Waals surface area contributed by atoms with Gasteiger partial charge < -0.3 is 9.47 Å². The number of hydrogen-bond donors (Lipinski definition) is 0. The summed E-state index contributed by atoms with van der Waals surface area (Å²) in [5.41, 5.74) is 1.80. The van der Waals surface area contributed by atoms with Crippen molar-refractivity contribution in [1.29, 1.82) is 0 Å². The summed E-state index contributed by atoms with van der Waals surface area (Å²) in [5, 5.41) is 0. The Balaban J connectivity index is 2.00. The second kappa shape index (κ2) is 10.2. The molecule has 2 nitrogen and oxygen atoms in total. The number of rotatable bonds is 6. The van der Waals surface area contributed by atoms with E-state index in [1.165, 1.54) is 0 Å². The van der Waals surface area contributed by atoms with Gasteiger partial charge in [-0.1, -0.05) is 51.7 Å². The van der Waals surface area contributed by atoms with Gasteiger partial charge in [-0.25, -0.2) is 0 Å². The monoisotopic (exact) mass is 346 g/mol. The van der Waals surface area contributed by atoms with Gasteiger partial charge in [0.1, 0.15) is 11.5 Å². The average Bonchev–Trinajstić information content (AvgIpc) is 2.63. The van der Waals surface area contributed by atoms with Gasteiger partial charge in [0.15, 0.2) is 0 Å². The molecule has 2 heteroatoms. The van der Waals surface area contributed by atoms with E-state index in [-0.39, 0.29) is 0 Å². The summed E-state index contributed by atoms with van der Waals surface area (Å²) in [4.78, 5) is 0. The number of hydrogen-bond acceptors (Lipinski definition) is 2. The maximum Gasteiger partial charge on any atom is 0.120 e. The van der Waals surface area contributed by atoms with Crippen LogP contribution in [0.1, 0.15) is 38.8 Å². The van der Waals surface area contributed by atoms with Gasteiger partial charge in [0, 0.05) is 11.1 Å². The van der Waals surface area contributed by atoms with E-state index >= 15 is 0 Å². The van der Waals surface area contributed by atoms with Crippen molar-refractivity contribution in [1.82, 2.24) is 0 Å². The lowest BCUT2D eigenvalue weighted by molar-refractivity contribution is 0.271. The standard InChI is InChI=1S/C24H26O2/c1-19(2)17-25-23-13-7-11-21(15-23)9-5-6-10-22-12-8-14-24(16-22)26-18-20(3)4/h7-8,11-16,19-20H,17-18H2,1-4H3. The summed E-state index contributed by atoms with van der Waals surface area (Å²) >= 11 is 0. The van der Waals surface area contributed by atoms with Crippen LogP contribution in [0.5, 0.6) is 11.5 Å². The molecule has 0 heterocycles. The molecule has 0 aliphatic heterocycles. The molecule has 2 aromatic rings. The second-order valence-corrected chi connectivity index (χ2v) is 6.97. The van der Waals surface area contributed by atoms with E-state index in [9.17, 15) is 0 Å². The molecule has 0 saturated heterocycles. The van der Waals surface area contributed by atoms with Crippen molar-refractivity contribution in [2.45, 2.75) is 27.7 Å². The molecule has 0 N–H and O–H groups in total. The number of ether oxygens (including phenoxy) is 2. The summed E-state index contributed by atoms with van der Waals surface area (Å²) in [6.07, 6.45) is 0. The normalized spacial score (nSPS) is 9.92. The zero-order chi connectivity index (χ0) is 18.8. The highest BCUT2D eigenvalue weighted by Crippen LogP contribution is 2.14. The first-order valence-electron chi connectivity index (χ1n) is 9.00. The van der Waals surface area contributed by atoms with E-state index in [0.29, 0.717) is 25.0 Å². The molecule has 0 radical (unpaired) electrons. The largest absolute Gasteiger partial charge is 0.493 e. The van der Waals surface area contributed by atoms with Crippen LogP contribution in [-0.2, 0) is 0 Å². The van der Waals surface area contributed by atoms with Crippen LogP contribution in [0.2, 0.25) is 0 Å². The van der Waals surface area contributed by atoms with Gasteiger partial charge in [-0.15, -0.1) is 0 Å². The smallest absolute Gasteiger partial charge is 0.120 e. The molecule has 2 rings (SSSR count). The van der Waals surface area contributed by atoms with Crippen LogP contribution in [0.15, 0.2) is 48.5 Å². The van der Waals surface area contributed by atoms with Crippen molar-refractivity contribution in [3.05, 3.63) is 59.7 Å². The van der Waals surface area contributed by atoms with Gasteiger partial charge in [-0.3, -0.25) is 0 Å². The minimum atomic E-state index is 0.496. The minimum absolute atomic E-state index is 0.496. The summed E-state index contributed by atoms with van der Waals surface area (Å²) in [6.45, 7) is 9.91. The van der Waals surface area contributed by atoms with E-state index in [4.69, 9.17) is 9.47 Å². The topological polar surface area (TPSA) is 18.5 Å². The predicted molar refractivity (Wildman–Crippen MR) is 107 cm³/mol. The Morgan fingerprint density at radius 1 is 0.692 bits per heavy atom. The fourth-order valence-electron chi connectivity index (χ4n) is 2.06. The minimum Gasteiger partial charge on any atom is -0.493 e. The molecule has 0 unspecified atom stereocenters. The molecule has 2 aromatic carbocycles. The maximum absolute atomic E-state index is 5.72. The molecule has 0 spiro atoms. The Morgan fingerprint density at radius 2 is 1.12 bits per heavy atom. The summed E-state index contributed by atoms with van der Waals surface area (Å²) in [6, 6.07) is 15.6. The Morgan fingerprint density at radius 3 is 1.50 bits per heavy atom. The molecule has 0 aliphatic rings. The van der Waals surface area contributed by atoms with E-state index in [1.807, 2.05) is 48.5 Å². The summed E-state index contributed by atoms with van der Waals surface area (Å²) in [5.74, 6) is 14.6. The highest BCUT2D eigenvalue weighted by atomic mass is 16.5. The average molecular weight is 346 g/mol. The predicted octanol–water partition coefficient (Wildman–Crippen LogP) is 5.16. The Labute approximate surface area is 157 Å². The van der Waals surface area contributed by atoms with Crippen molar-refractivity contribution in [3.63, 3.8) is 0 Å². The maximum atomic E-state index is 5.72. The zero-order valence-corrected chi connectivity index (χ0v) is 16.0. The van der Waals surface area contributed by atoms with Crippen molar-refractivity contribution < 1.29 is 9.47 Å². The van der Waals surface area contributed by atoms with Crippen molar-refractivity contribution >= 4 is 0 Å². The second-order valence-electron chi connectivity index (χ2n) is 6.97. The van der Waals surface area contributed by atoms with Crippen LogP contribution < -0.4 is 9.47 Å². The summed E-state index contributed by atoms with van der Waals surface area (Å²) in [7, 11) is 0. The van der Waals surface area contributed by atoms with E-state index in [0.717, 1.165) is 22.6 Å². The van der Waals surface area contributed by atoms with Crippen LogP contribution in [0.25, 0.3) is 0 Å². The van der Waals surface area contributed by atoms with Crippen LogP contribution >= 0.6 is 0 Å². The zero-order valence-electron chi connectivity index (χ0n) is 16.0. The Hall–Kier alpha value is -2.84. The lowest BCUT2D eigenvalue weighted by Crippen LogP contribution is -2.04. The molecular weight excluding hydrogens is 320 g/mol.